The van der Waals surface area contributed by atoms with Gasteiger partial charge in [-0.1, -0.05) is 26.0 Å². The van der Waals surface area contributed by atoms with Gasteiger partial charge in [0.25, 0.3) is 0 Å². The lowest BCUT2D eigenvalue weighted by molar-refractivity contribution is -0.136. The van der Waals surface area contributed by atoms with Crippen LogP contribution >= 0.6 is 0 Å². The lowest BCUT2D eigenvalue weighted by atomic mass is 10.1. The normalized spacial score (nSPS) is 17.9. The number of benzene rings is 1. The van der Waals surface area contributed by atoms with Crippen molar-refractivity contribution in [2.24, 2.45) is 5.92 Å². The molecule has 2 unspecified atom stereocenters. The van der Waals surface area contributed by atoms with Crippen molar-refractivity contribution >= 4 is 5.91 Å². The summed E-state index contributed by atoms with van der Waals surface area (Å²) in [5.74, 6) is 1.66. The summed E-state index contributed by atoms with van der Waals surface area (Å²) in [5.41, 5.74) is 0. The molecule has 0 aromatic heterocycles. The lowest BCUT2D eigenvalue weighted by Crippen LogP contribution is -2.46. The summed E-state index contributed by atoms with van der Waals surface area (Å²) in [7, 11) is 1.86. The molecule has 0 aliphatic carbocycles. The van der Waals surface area contributed by atoms with Crippen LogP contribution in [-0.4, -0.2) is 50.2 Å². The third kappa shape index (κ3) is 4.13. The van der Waals surface area contributed by atoms with Crippen molar-refractivity contribution in [2.75, 3.05) is 33.3 Å². The minimum absolute atomic E-state index is 0.0339. The van der Waals surface area contributed by atoms with E-state index in [1.165, 1.54) is 0 Å². The molecule has 1 aromatic carbocycles. The van der Waals surface area contributed by atoms with E-state index in [9.17, 15) is 4.79 Å². The Morgan fingerprint density at radius 2 is 2.14 bits per heavy atom. The molecule has 1 amide bonds. The number of hydrogen-bond acceptors (Lipinski definition) is 4. The van der Waals surface area contributed by atoms with Crippen LogP contribution in [0, 0.1) is 5.92 Å². The zero-order chi connectivity index (χ0) is 15.9. The highest BCUT2D eigenvalue weighted by atomic mass is 16.6. The topological polar surface area (TPSA) is 50.8 Å². The Balaban J connectivity index is 1.98. The summed E-state index contributed by atoms with van der Waals surface area (Å²) in [4.78, 5) is 14.4. The average molecular weight is 306 g/mol. The Kier molecular flexibility index (Phi) is 6.07. The maximum atomic E-state index is 12.5. The fourth-order valence-corrected chi connectivity index (χ4v) is 2.67. The Morgan fingerprint density at radius 1 is 1.41 bits per heavy atom. The molecule has 2 atom stereocenters. The molecule has 0 fully saturated rings. The number of rotatable bonds is 7. The van der Waals surface area contributed by atoms with E-state index in [1.807, 2.05) is 43.1 Å². The van der Waals surface area contributed by atoms with Gasteiger partial charge in [0, 0.05) is 19.0 Å². The predicted molar refractivity (Wildman–Crippen MR) is 86.3 cm³/mol. The number of nitrogens with one attached hydrogen (secondary N) is 1. The van der Waals surface area contributed by atoms with Crippen LogP contribution in [-0.2, 0) is 4.79 Å². The zero-order valence-electron chi connectivity index (χ0n) is 13.7. The van der Waals surface area contributed by atoms with E-state index in [4.69, 9.17) is 9.47 Å². The van der Waals surface area contributed by atoms with Gasteiger partial charge in [-0.25, -0.2) is 0 Å². The third-order valence-electron chi connectivity index (χ3n) is 3.73. The van der Waals surface area contributed by atoms with Crippen LogP contribution in [0.4, 0.5) is 0 Å². The molecule has 0 radical (unpaired) electrons. The first-order valence-electron chi connectivity index (χ1n) is 7.97. The number of carbonyl (C=O) groups excluding carboxylic acids is 1. The largest absolute Gasteiger partial charge is 0.486 e. The number of ether oxygens (including phenoxy) is 2. The highest BCUT2D eigenvalue weighted by molar-refractivity contribution is 5.78. The zero-order valence-corrected chi connectivity index (χ0v) is 13.7. The van der Waals surface area contributed by atoms with E-state index in [0.717, 1.165) is 24.5 Å². The van der Waals surface area contributed by atoms with Gasteiger partial charge in [0.05, 0.1) is 6.54 Å². The molecule has 1 N–H and O–H groups in total. The van der Waals surface area contributed by atoms with Gasteiger partial charge >= 0.3 is 0 Å². The molecule has 1 aliphatic rings. The minimum atomic E-state index is -0.118. The molecule has 1 heterocycles. The molecule has 0 spiro atoms. The molecular weight excluding hydrogens is 280 g/mol. The average Bonchev–Trinajstić information content (AvgIpc) is 2.54. The predicted octanol–water partition coefficient (Wildman–Crippen LogP) is 1.92. The van der Waals surface area contributed by atoms with Crippen molar-refractivity contribution in [3.05, 3.63) is 24.3 Å². The maximum absolute atomic E-state index is 12.5. The molecule has 1 aromatic rings. The second kappa shape index (κ2) is 8.03. The molecule has 0 saturated carbocycles. The Morgan fingerprint density at radius 3 is 2.82 bits per heavy atom. The molecule has 22 heavy (non-hydrogen) atoms. The SMILES string of the molecule is CCCN(CC1COc2ccccc2O1)C(=O)C(C)CNC. The van der Waals surface area contributed by atoms with E-state index in [0.29, 0.717) is 19.7 Å². The van der Waals surface area contributed by atoms with Gasteiger partial charge in [0.2, 0.25) is 5.91 Å². The van der Waals surface area contributed by atoms with Crippen molar-refractivity contribution in [1.29, 1.82) is 0 Å². The summed E-state index contributed by atoms with van der Waals surface area (Å²) in [5, 5.41) is 3.06. The lowest BCUT2D eigenvalue weighted by Gasteiger charge is -2.32. The van der Waals surface area contributed by atoms with Crippen LogP contribution < -0.4 is 14.8 Å². The minimum Gasteiger partial charge on any atom is -0.486 e. The number of hydrogen-bond donors (Lipinski definition) is 1. The van der Waals surface area contributed by atoms with E-state index >= 15 is 0 Å². The number of fused-ring (bicyclic) bond motifs is 1. The molecule has 5 heteroatoms. The van der Waals surface area contributed by atoms with Gasteiger partial charge in [0.1, 0.15) is 6.61 Å². The third-order valence-corrected chi connectivity index (χ3v) is 3.73. The molecule has 0 saturated heterocycles. The van der Waals surface area contributed by atoms with Crippen molar-refractivity contribution in [1.82, 2.24) is 10.2 Å². The van der Waals surface area contributed by atoms with Crippen LogP contribution in [0.1, 0.15) is 20.3 Å². The number of amides is 1. The van der Waals surface area contributed by atoms with Crippen LogP contribution in [0.2, 0.25) is 0 Å². The molecule has 2 rings (SSSR count). The number of carbonyl (C=O) groups is 1. The summed E-state index contributed by atoms with van der Waals surface area (Å²) in [6, 6.07) is 7.65. The molecule has 1 aliphatic heterocycles. The molecule has 122 valence electrons. The van der Waals surface area contributed by atoms with Gasteiger partial charge in [-0.3, -0.25) is 4.79 Å². The van der Waals surface area contributed by atoms with Crippen LogP contribution in [0.15, 0.2) is 24.3 Å². The van der Waals surface area contributed by atoms with Crippen LogP contribution in [0.3, 0.4) is 0 Å². The van der Waals surface area contributed by atoms with Gasteiger partial charge in [-0.15, -0.1) is 0 Å². The molecule has 5 nitrogen and oxygen atoms in total. The van der Waals surface area contributed by atoms with E-state index in [-0.39, 0.29) is 17.9 Å². The van der Waals surface area contributed by atoms with Gasteiger partial charge in [-0.2, -0.15) is 0 Å². The van der Waals surface area contributed by atoms with Crippen molar-refractivity contribution in [2.45, 2.75) is 26.4 Å². The van der Waals surface area contributed by atoms with Crippen molar-refractivity contribution < 1.29 is 14.3 Å². The summed E-state index contributed by atoms with van der Waals surface area (Å²) < 4.78 is 11.7. The van der Waals surface area contributed by atoms with Crippen LogP contribution in [0.5, 0.6) is 11.5 Å². The highest BCUT2D eigenvalue weighted by Crippen LogP contribution is 2.31. The fraction of sp³-hybridized carbons (Fsp3) is 0.588. The Hall–Kier alpha value is -1.75. The van der Waals surface area contributed by atoms with Gasteiger partial charge < -0.3 is 19.7 Å². The fourth-order valence-electron chi connectivity index (χ4n) is 2.67. The van der Waals surface area contributed by atoms with Crippen LogP contribution in [0.25, 0.3) is 0 Å². The van der Waals surface area contributed by atoms with E-state index in [1.54, 1.807) is 0 Å². The van der Waals surface area contributed by atoms with E-state index < -0.39 is 0 Å². The number of para-hydroxylation sites is 2. The molecular formula is C17H26N2O3. The summed E-state index contributed by atoms with van der Waals surface area (Å²) in [6.07, 6.45) is 0.814. The van der Waals surface area contributed by atoms with Gasteiger partial charge in [-0.05, 0) is 25.6 Å². The maximum Gasteiger partial charge on any atom is 0.226 e. The quantitative estimate of drug-likeness (QED) is 0.836. The highest BCUT2D eigenvalue weighted by Gasteiger charge is 2.27. The summed E-state index contributed by atoms with van der Waals surface area (Å²) >= 11 is 0. The second-order valence-electron chi connectivity index (χ2n) is 5.74. The van der Waals surface area contributed by atoms with Gasteiger partial charge in [0.15, 0.2) is 17.6 Å². The van der Waals surface area contributed by atoms with Crippen molar-refractivity contribution in [3.8, 4) is 11.5 Å². The number of nitrogens with zero attached hydrogens (tertiary/aromatic N) is 1. The smallest absolute Gasteiger partial charge is 0.226 e. The van der Waals surface area contributed by atoms with Crippen molar-refractivity contribution in [3.63, 3.8) is 0 Å². The monoisotopic (exact) mass is 306 g/mol. The second-order valence-corrected chi connectivity index (χ2v) is 5.74. The standard InChI is InChI=1S/C17H26N2O3/c1-4-9-19(17(20)13(2)10-18-3)11-14-12-21-15-7-5-6-8-16(15)22-14/h5-8,13-14,18H,4,9-12H2,1-3H3. The Labute approximate surface area is 132 Å². The first-order valence-corrected chi connectivity index (χ1v) is 7.97. The summed E-state index contributed by atoms with van der Waals surface area (Å²) in [6.45, 7) is 6.50. The first-order chi connectivity index (χ1) is 10.7. The molecule has 0 bridgehead atoms. The van der Waals surface area contributed by atoms with E-state index in [2.05, 4.69) is 12.2 Å². The first kappa shape index (κ1) is 16.6. The Bertz CT molecular complexity index is 493.